The summed E-state index contributed by atoms with van der Waals surface area (Å²) in [4.78, 5) is 12.3. The zero-order valence-electron chi connectivity index (χ0n) is 14.1. The predicted molar refractivity (Wildman–Crippen MR) is 97.4 cm³/mol. The Morgan fingerprint density at radius 2 is 1.96 bits per heavy atom. The molecule has 1 N–H and O–H groups in total. The zero-order valence-corrected chi connectivity index (χ0v) is 14.1. The number of amides is 1. The molecule has 0 saturated carbocycles. The van der Waals surface area contributed by atoms with Crippen LogP contribution in [0, 0.1) is 6.92 Å². The van der Waals surface area contributed by atoms with E-state index in [4.69, 9.17) is 4.74 Å². The molecule has 1 heterocycles. The Morgan fingerprint density at radius 1 is 1.17 bits per heavy atom. The molecular formula is C20H22N2O2. The monoisotopic (exact) mass is 322 g/mol. The van der Waals surface area contributed by atoms with Crippen LogP contribution in [0.15, 0.2) is 54.7 Å². The minimum Gasteiger partial charge on any atom is -0.385 e. The van der Waals surface area contributed by atoms with Crippen LogP contribution >= 0.6 is 0 Å². The number of rotatable bonds is 5. The Kier molecular flexibility index (Phi) is 4.96. The van der Waals surface area contributed by atoms with E-state index in [0.717, 1.165) is 23.2 Å². The first-order chi connectivity index (χ1) is 11.7. The lowest BCUT2D eigenvalue weighted by atomic mass is 10.0. The average molecular weight is 322 g/mol. The molecule has 1 amide bonds. The van der Waals surface area contributed by atoms with Crippen molar-refractivity contribution >= 4 is 16.8 Å². The first kappa shape index (κ1) is 16.3. The first-order valence-corrected chi connectivity index (χ1v) is 8.15. The van der Waals surface area contributed by atoms with E-state index in [1.54, 1.807) is 11.7 Å². The molecule has 3 rings (SSSR count). The van der Waals surface area contributed by atoms with E-state index < -0.39 is 0 Å². The minimum absolute atomic E-state index is 0.102. The summed E-state index contributed by atoms with van der Waals surface area (Å²) >= 11 is 0. The van der Waals surface area contributed by atoms with Gasteiger partial charge in [0.05, 0.1) is 0 Å². The van der Waals surface area contributed by atoms with Crippen LogP contribution in [0.25, 0.3) is 21.9 Å². The molecule has 24 heavy (non-hydrogen) atoms. The Labute approximate surface area is 142 Å². The third kappa shape index (κ3) is 3.34. The molecule has 1 aromatic heterocycles. The van der Waals surface area contributed by atoms with Crippen LogP contribution in [0.3, 0.4) is 0 Å². The SMILES string of the molecule is COCCCNC(=O)n1cc(-c2cccc3ccccc23)cc1C. The van der Waals surface area contributed by atoms with Gasteiger partial charge in [-0.1, -0.05) is 42.5 Å². The van der Waals surface area contributed by atoms with E-state index in [2.05, 4.69) is 41.7 Å². The summed E-state index contributed by atoms with van der Waals surface area (Å²) in [5.74, 6) is 0. The van der Waals surface area contributed by atoms with Gasteiger partial charge in [0, 0.05) is 37.7 Å². The number of hydrogen-bond donors (Lipinski definition) is 1. The van der Waals surface area contributed by atoms with Gasteiger partial charge in [0.2, 0.25) is 0 Å². The summed E-state index contributed by atoms with van der Waals surface area (Å²) in [5.41, 5.74) is 3.11. The summed E-state index contributed by atoms with van der Waals surface area (Å²) < 4.78 is 6.67. The van der Waals surface area contributed by atoms with Crippen molar-refractivity contribution < 1.29 is 9.53 Å². The molecule has 0 aliphatic heterocycles. The van der Waals surface area contributed by atoms with E-state index >= 15 is 0 Å². The van der Waals surface area contributed by atoms with Crippen molar-refractivity contribution in [2.24, 2.45) is 0 Å². The van der Waals surface area contributed by atoms with Crippen molar-refractivity contribution in [3.63, 3.8) is 0 Å². The molecule has 0 radical (unpaired) electrons. The van der Waals surface area contributed by atoms with E-state index in [-0.39, 0.29) is 6.03 Å². The quantitative estimate of drug-likeness (QED) is 0.715. The number of benzene rings is 2. The van der Waals surface area contributed by atoms with Gasteiger partial charge in [0.25, 0.3) is 0 Å². The lowest BCUT2D eigenvalue weighted by molar-refractivity contribution is 0.193. The second-order valence-corrected chi connectivity index (χ2v) is 5.85. The van der Waals surface area contributed by atoms with Crippen molar-refractivity contribution in [2.45, 2.75) is 13.3 Å². The third-order valence-electron chi connectivity index (χ3n) is 4.13. The normalized spacial score (nSPS) is 10.9. The van der Waals surface area contributed by atoms with Crippen molar-refractivity contribution in [1.82, 2.24) is 9.88 Å². The van der Waals surface area contributed by atoms with E-state index in [1.807, 2.05) is 25.3 Å². The van der Waals surface area contributed by atoms with Crippen LogP contribution in [0.2, 0.25) is 0 Å². The number of nitrogens with one attached hydrogen (secondary N) is 1. The van der Waals surface area contributed by atoms with Crippen LogP contribution in [-0.2, 0) is 4.74 Å². The summed E-state index contributed by atoms with van der Waals surface area (Å²) in [6.45, 7) is 3.20. The van der Waals surface area contributed by atoms with E-state index in [0.29, 0.717) is 13.2 Å². The Hall–Kier alpha value is -2.59. The van der Waals surface area contributed by atoms with Crippen LogP contribution < -0.4 is 5.32 Å². The molecule has 124 valence electrons. The van der Waals surface area contributed by atoms with Gasteiger partial charge < -0.3 is 10.1 Å². The van der Waals surface area contributed by atoms with Gasteiger partial charge >= 0.3 is 6.03 Å². The Balaban J connectivity index is 1.87. The minimum atomic E-state index is -0.102. The van der Waals surface area contributed by atoms with Crippen molar-refractivity contribution in [2.75, 3.05) is 20.3 Å². The molecule has 0 saturated heterocycles. The topological polar surface area (TPSA) is 43.3 Å². The first-order valence-electron chi connectivity index (χ1n) is 8.15. The number of nitrogens with zero attached hydrogens (tertiary/aromatic N) is 1. The summed E-state index contributed by atoms with van der Waals surface area (Å²) in [5, 5.41) is 5.31. The number of methoxy groups -OCH3 is 1. The molecule has 3 aromatic rings. The average Bonchev–Trinajstić information content (AvgIpc) is 3.00. The predicted octanol–water partition coefficient (Wildman–Crippen LogP) is 4.21. The largest absolute Gasteiger partial charge is 0.385 e. The lowest BCUT2D eigenvalue weighted by Crippen LogP contribution is -2.30. The Morgan fingerprint density at radius 3 is 2.79 bits per heavy atom. The van der Waals surface area contributed by atoms with Crippen molar-refractivity contribution in [1.29, 1.82) is 0 Å². The molecular weight excluding hydrogens is 300 g/mol. The highest BCUT2D eigenvalue weighted by atomic mass is 16.5. The third-order valence-corrected chi connectivity index (χ3v) is 4.13. The highest BCUT2D eigenvalue weighted by Gasteiger charge is 2.12. The number of hydrogen-bond acceptors (Lipinski definition) is 2. The molecule has 0 spiro atoms. The van der Waals surface area contributed by atoms with Gasteiger partial charge in [-0.3, -0.25) is 4.57 Å². The Bertz CT molecular complexity index is 846. The molecule has 4 nitrogen and oxygen atoms in total. The fraction of sp³-hybridized carbons (Fsp3) is 0.250. The smallest absolute Gasteiger partial charge is 0.325 e. The highest BCUT2D eigenvalue weighted by molar-refractivity contribution is 5.97. The maximum absolute atomic E-state index is 12.3. The molecule has 0 aliphatic rings. The van der Waals surface area contributed by atoms with E-state index in [1.165, 1.54) is 10.8 Å². The molecule has 4 heteroatoms. The van der Waals surface area contributed by atoms with Crippen LogP contribution in [0.5, 0.6) is 0 Å². The van der Waals surface area contributed by atoms with Gasteiger partial charge in [-0.15, -0.1) is 0 Å². The summed E-state index contributed by atoms with van der Waals surface area (Å²) in [7, 11) is 1.66. The van der Waals surface area contributed by atoms with Crippen LogP contribution in [0.4, 0.5) is 4.79 Å². The molecule has 0 bridgehead atoms. The van der Waals surface area contributed by atoms with Crippen LogP contribution in [0.1, 0.15) is 12.1 Å². The highest BCUT2D eigenvalue weighted by Crippen LogP contribution is 2.29. The lowest BCUT2D eigenvalue weighted by Gasteiger charge is -2.07. The molecule has 0 unspecified atom stereocenters. The number of aromatic nitrogens is 1. The maximum atomic E-state index is 12.3. The number of fused-ring (bicyclic) bond motifs is 1. The number of carbonyl (C=O) groups excluding carboxylic acids is 1. The summed E-state index contributed by atoms with van der Waals surface area (Å²) in [6, 6.07) is 16.5. The van der Waals surface area contributed by atoms with E-state index in [9.17, 15) is 4.79 Å². The van der Waals surface area contributed by atoms with Gasteiger partial charge in [-0.25, -0.2) is 4.79 Å². The van der Waals surface area contributed by atoms with Crippen LogP contribution in [-0.4, -0.2) is 30.9 Å². The van der Waals surface area contributed by atoms with Gasteiger partial charge in [-0.05, 0) is 35.7 Å². The fourth-order valence-corrected chi connectivity index (χ4v) is 2.91. The fourth-order valence-electron chi connectivity index (χ4n) is 2.91. The number of aryl methyl sites for hydroxylation is 1. The molecule has 0 fully saturated rings. The standard InChI is InChI=1S/C20H22N2O2/c1-15-13-17(14-22(15)20(23)21-11-6-12-24-2)19-10-5-8-16-7-3-4-9-18(16)19/h3-5,7-10,13-14H,6,11-12H2,1-2H3,(H,21,23). The summed E-state index contributed by atoms with van der Waals surface area (Å²) in [6.07, 6.45) is 2.71. The van der Waals surface area contributed by atoms with Gasteiger partial charge in [-0.2, -0.15) is 0 Å². The number of carbonyl (C=O) groups is 1. The second-order valence-electron chi connectivity index (χ2n) is 5.85. The van der Waals surface area contributed by atoms with Crippen molar-refractivity contribution in [3.05, 3.63) is 60.4 Å². The zero-order chi connectivity index (χ0) is 16.9. The second kappa shape index (κ2) is 7.32. The molecule has 0 aliphatic carbocycles. The van der Waals surface area contributed by atoms with Gasteiger partial charge in [0.15, 0.2) is 0 Å². The molecule has 2 aromatic carbocycles. The van der Waals surface area contributed by atoms with Gasteiger partial charge in [0.1, 0.15) is 0 Å². The van der Waals surface area contributed by atoms with Crippen molar-refractivity contribution in [3.8, 4) is 11.1 Å². The molecule has 0 atom stereocenters. The maximum Gasteiger partial charge on any atom is 0.325 e. The number of ether oxygens (including phenoxy) is 1.